The molecule has 0 aromatic heterocycles. The lowest BCUT2D eigenvalue weighted by atomic mass is 9.88. The van der Waals surface area contributed by atoms with Gasteiger partial charge >= 0.3 is 6.03 Å². The van der Waals surface area contributed by atoms with Gasteiger partial charge in [0.2, 0.25) is 0 Å². The third-order valence-corrected chi connectivity index (χ3v) is 6.39. The second-order valence-corrected chi connectivity index (χ2v) is 8.50. The van der Waals surface area contributed by atoms with Crippen molar-refractivity contribution in [2.24, 2.45) is 5.92 Å². The summed E-state index contributed by atoms with van der Waals surface area (Å²) in [6.07, 6.45) is 3.73. The molecule has 2 amide bonds. The predicted molar refractivity (Wildman–Crippen MR) is 85.4 cm³/mol. The third-order valence-electron chi connectivity index (χ3n) is 4.55. The van der Waals surface area contributed by atoms with Crippen LogP contribution in [0.3, 0.4) is 0 Å². The Morgan fingerprint density at radius 1 is 1.23 bits per heavy atom. The second-order valence-electron chi connectivity index (χ2n) is 6.27. The highest BCUT2D eigenvalue weighted by atomic mass is 32.2. The Labute approximate surface area is 131 Å². The van der Waals surface area contributed by atoms with Gasteiger partial charge in [-0.3, -0.25) is 0 Å². The number of carbonyl (C=O) groups excluding carboxylic acids is 1. The number of rotatable bonds is 3. The molecule has 2 aliphatic rings. The Hall–Kier alpha value is -1.56. The lowest BCUT2D eigenvalue weighted by Gasteiger charge is -2.26. The van der Waals surface area contributed by atoms with Crippen molar-refractivity contribution in [1.29, 1.82) is 0 Å². The van der Waals surface area contributed by atoms with E-state index in [1.165, 1.54) is 11.1 Å². The Kier molecular flexibility index (Phi) is 4.38. The van der Waals surface area contributed by atoms with E-state index in [0.29, 0.717) is 13.0 Å². The Balaban J connectivity index is 1.53. The zero-order valence-electron chi connectivity index (χ0n) is 12.5. The monoisotopic (exact) mass is 322 g/mol. The average molecular weight is 322 g/mol. The highest BCUT2D eigenvalue weighted by molar-refractivity contribution is 7.91. The molecule has 1 aliphatic heterocycles. The number of benzene rings is 1. The van der Waals surface area contributed by atoms with Crippen LogP contribution >= 0.6 is 0 Å². The number of carbonyl (C=O) groups is 1. The van der Waals surface area contributed by atoms with E-state index < -0.39 is 9.84 Å². The number of nitrogens with one attached hydrogen (secondary N) is 2. The van der Waals surface area contributed by atoms with Crippen LogP contribution in [0.25, 0.3) is 0 Å². The molecule has 0 radical (unpaired) electrons. The molecule has 1 aromatic rings. The molecule has 0 bridgehead atoms. The van der Waals surface area contributed by atoms with Crippen LogP contribution in [0.2, 0.25) is 0 Å². The molecule has 1 aliphatic carbocycles. The van der Waals surface area contributed by atoms with E-state index in [9.17, 15) is 13.2 Å². The number of fused-ring (bicyclic) bond motifs is 1. The third kappa shape index (κ3) is 3.61. The zero-order valence-corrected chi connectivity index (χ0v) is 13.4. The molecule has 2 N–H and O–H groups in total. The molecule has 1 saturated heterocycles. The van der Waals surface area contributed by atoms with Crippen molar-refractivity contribution in [3.05, 3.63) is 35.4 Å². The SMILES string of the molecule is O=C(NC[C@@H]1CCS(=O)(=O)C1)N[C@@H]1CCCc2ccccc21. The molecule has 22 heavy (non-hydrogen) atoms. The van der Waals surface area contributed by atoms with Gasteiger partial charge in [0.15, 0.2) is 9.84 Å². The normalized spacial score (nSPS) is 26.2. The van der Waals surface area contributed by atoms with Crippen LogP contribution in [-0.2, 0) is 16.3 Å². The van der Waals surface area contributed by atoms with Gasteiger partial charge in [0.1, 0.15) is 0 Å². The van der Waals surface area contributed by atoms with E-state index in [1.807, 2.05) is 12.1 Å². The largest absolute Gasteiger partial charge is 0.338 e. The standard InChI is InChI=1S/C16H22N2O3S/c19-16(17-10-12-8-9-22(20,21)11-12)18-15-7-3-5-13-4-1-2-6-14(13)15/h1-2,4,6,12,15H,3,5,7-11H2,(H2,17,18,19)/t12-,15+/m0/s1. The van der Waals surface area contributed by atoms with E-state index in [-0.39, 0.29) is 29.5 Å². The summed E-state index contributed by atoms with van der Waals surface area (Å²) < 4.78 is 22.8. The van der Waals surface area contributed by atoms with Gasteiger partial charge in [-0.1, -0.05) is 24.3 Å². The van der Waals surface area contributed by atoms with Crippen LogP contribution in [0, 0.1) is 5.92 Å². The van der Waals surface area contributed by atoms with Crippen molar-refractivity contribution in [2.75, 3.05) is 18.1 Å². The molecule has 1 aromatic carbocycles. The van der Waals surface area contributed by atoms with Gasteiger partial charge in [0.05, 0.1) is 17.5 Å². The fourth-order valence-electron chi connectivity index (χ4n) is 3.38. The van der Waals surface area contributed by atoms with Crippen molar-refractivity contribution < 1.29 is 13.2 Å². The first-order valence-corrected chi connectivity index (χ1v) is 9.68. The Bertz CT molecular complexity index is 657. The number of sulfone groups is 1. The van der Waals surface area contributed by atoms with E-state index >= 15 is 0 Å². The average Bonchev–Trinajstić information content (AvgIpc) is 2.85. The molecule has 2 atom stereocenters. The van der Waals surface area contributed by atoms with Crippen molar-refractivity contribution >= 4 is 15.9 Å². The van der Waals surface area contributed by atoms with Crippen LogP contribution in [0.1, 0.15) is 36.4 Å². The second kappa shape index (κ2) is 6.28. The van der Waals surface area contributed by atoms with Crippen molar-refractivity contribution in [2.45, 2.75) is 31.7 Å². The molecule has 1 heterocycles. The van der Waals surface area contributed by atoms with Crippen LogP contribution in [0.15, 0.2) is 24.3 Å². The summed E-state index contributed by atoms with van der Waals surface area (Å²) in [7, 11) is -2.88. The minimum absolute atomic E-state index is 0.0504. The van der Waals surface area contributed by atoms with Gasteiger partial charge in [0, 0.05) is 6.54 Å². The molecular formula is C16H22N2O3S. The minimum atomic E-state index is -2.88. The van der Waals surface area contributed by atoms with Crippen LogP contribution in [-0.4, -0.2) is 32.5 Å². The van der Waals surface area contributed by atoms with Crippen molar-refractivity contribution in [3.8, 4) is 0 Å². The van der Waals surface area contributed by atoms with Crippen LogP contribution in [0.4, 0.5) is 4.79 Å². The van der Waals surface area contributed by atoms with Crippen LogP contribution in [0.5, 0.6) is 0 Å². The van der Waals surface area contributed by atoms with Crippen molar-refractivity contribution in [1.82, 2.24) is 10.6 Å². The van der Waals surface area contributed by atoms with Gasteiger partial charge in [-0.15, -0.1) is 0 Å². The highest BCUT2D eigenvalue weighted by Crippen LogP contribution is 2.29. The minimum Gasteiger partial charge on any atom is -0.338 e. The Morgan fingerprint density at radius 3 is 2.82 bits per heavy atom. The summed E-state index contributed by atoms with van der Waals surface area (Å²) >= 11 is 0. The Morgan fingerprint density at radius 2 is 2.05 bits per heavy atom. The summed E-state index contributed by atoms with van der Waals surface area (Å²) in [6.45, 7) is 0.430. The summed E-state index contributed by atoms with van der Waals surface area (Å²) in [5.41, 5.74) is 2.51. The smallest absolute Gasteiger partial charge is 0.315 e. The number of aryl methyl sites for hydroxylation is 1. The van der Waals surface area contributed by atoms with E-state index in [4.69, 9.17) is 0 Å². The summed E-state index contributed by atoms with van der Waals surface area (Å²) in [5, 5.41) is 5.85. The lowest BCUT2D eigenvalue weighted by molar-refractivity contribution is 0.234. The fourth-order valence-corrected chi connectivity index (χ4v) is 5.25. The molecule has 5 nitrogen and oxygen atoms in total. The first kappa shape index (κ1) is 15.3. The van der Waals surface area contributed by atoms with Gasteiger partial charge in [-0.05, 0) is 42.7 Å². The molecule has 0 unspecified atom stereocenters. The lowest BCUT2D eigenvalue weighted by Crippen LogP contribution is -2.41. The molecule has 6 heteroatoms. The summed E-state index contributed by atoms with van der Waals surface area (Å²) in [6, 6.07) is 8.07. The zero-order chi connectivity index (χ0) is 15.6. The fraction of sp³-hybridized carbons (Fsp3) is 0.562. The van der Waals surface area contributed by atoms with Gasteiger partial charge in [-0.25, -0.2) is 13.2 Å². The van der Waals surface area contributed by atoms with Gasteiger partial charge < -0.3 is 10.6 Å². The van der Waals surface area contributed by atoms with Gasteiger partial charge in [0.25, 0.3) is 0 Å². The van der Waals surface area contributed by atoms with E-state index in [2.05, 4.69) is 22.8 Å². The highest BCUT2D eigenvalue weighted by Gasteiger charge is 2.28. The number of urea groups is 1. The summed E-state index contributed by atoms with van der Waals surface area (Å²) in [4.78, 5) is 12.1. The number of hydrogen-bond donors (Lipinski definition) is 2. The predicted octanol–water partition coefficient (Wildman–Crippen LogP) is 1.80. The maximum absolute atomic E-state index is 12.1. The van der Waals surface area contributed by atoms with Crippen molar-refractivity contribution in [3.63, 3.8) is 0 Å². The van der Waals surface area contributed by atoms with E-state index in [0.717, 1.165) is 19.3 Å². The maximum atomic E-state index is 12.1. The number of amides is 2. The quantitative estimate of drug-likeness (QED) is 0.891. The number of hydrogen-bond acceptors (Lipinski definition) is 3. The van der Waals surface area contributed by atoms with E-state index in [1.54, 1.807) is 0 Å². The van der Waals surface area contributed by atoms with Gasteiger partial charge in [-0.2, -0.15) is 0 Å². The first-order valence-electron chi connectivity index (χ1n) is 7.86. The van der Waals surface area contributed by atoms with Crippen LogP contribution < -0.4 is 10.6 Å². The molecule has 1 fully saturated rings. The topological polar surface area (TPSA) is 75.3 Å². The molecule has 120 valence electrons. The molecular weight excluding hydrogens is 300 g/mol. The summed E-state index contributed by atoms with van der Waals surface area (Å²) in [5.74, 6) is 0.491. The maximum Gasteiger partial charge on any atom is 0.315 e. The molecule has 0 spiro atoms. The molecule has 0 saturated carbocycles. The molecule has 3 rings (SSSR count). The first-order chi connectivity index (χ1) is 10.5.